The van der Waals surface area contributed by atoms with Gasteiger partial charge < -0.3 is 4.98 Å². The van der Waals surface area contributed by atoms with Crippen LogP contribution in [0.25, 0.3) is 5.65 Å². The molecule has 1 saturated heterocycles. The van der Waals surface area contributed by atoms with E-state index in [2.05, 4.69) is 16.7 Å². The van der Waals surface area contributed by atoms with Crippen LogP contribution in [-0.4, -0.2) is 20.4 Å². The fraction of sp³-hybridized carbons (Fsp3) is 0.462. The average Bonchev–Trinajstić information content (AvgIpc) is 2.74. The van der Waals surface area contributed by atoms with Gasteiger partial charge in [0, 0.05) is 29.6 Å². The molecule has 0 radical (unpaired) electrons. The summed E-state index contributed by atoms with van der Waals surface area (Å²) in [5, 5.41) is 0.715. The monoisotopic (exact) mass is 248 g/mol. The molecule has 0 aromatic carbocycles. The molecule has 1 aliphatic heterocycles. The van der Waals surface area contributed by atoms with Crippen molar-refractivity contribution in [3.63, 3.8) is 0 Å². The van der Waals surface area contributed by atoms with Crippen LogP contribution in [0.1, 0.15) is 25.0 Å². The largest absolute Gasteiger partial charge is 0.343 e. The predicted octanol–water partition coefficient (Wildman–Crippen LogP) is 2.46. The van der Waals surface area contributed by atoms with Gasteiger partial charge in [-0.1, -0.05) is 12.5 Å². The summed E-state index contributed by atoms with van der Waals surface area (Å²) in [6.45, 7) is 0. The predicted molar refractivity (Wildman–Crippen MR) is 71.8 cm³/mol. The fourth-order valence-electron chi connectivity index (χ4n) is 2.41. The Morgan fingerprint density at radius 2 is 2.35 bits per heavy atom. The molecule has 2 aromatic rings. The highest BCUT2D eigenvalue weighted by molar-refractivity contribution is 7.99. The minimum Gasteiger partial charge on any atom is -0.343 e. The van der Waals surface area contributed by atoms with Crippen LogP contribution in [0, 0.1) is 0 Å². The maximum atomic E-state index is 11.6. The molecule has 4 heteroatoms. The quantitative estimate of drug-likeness (QED) is 0.886. The minimum absolute atomic E-state index is 0.0429. The van der Waals surface area contributed by atoms with E-state index in [1.807, 2.05) is 12.3 Å². The van der Waals surface area contributed by atoms with Gasteiger partial charge in [-0.2, -0.15) is 11.8 Å². The van der Waals surface area contributed by atoms with Crippen LogP contribution in [0.3, 0.4) is 0 Å². The molecule has 2 aromatic heterocycles. The maximum absolute atomic E-state index is 11.6. The highest BCUT2D eigenvalue weighted by atomic mass is 32.2. The van der Waals surface area contributed by atoms with Gasteiger partial charge in [-0.15, -0.1) is 0 Å². The van der Waals surface area contributed by atoms with Crippen LogP contribution in [0.5, 0.6) is 0 Å². The molecule has 1 aliphatic rings. The molecule has 0 saturated carbocycles. The molecule has 1 N–H and O–H groups in total. The van der Waals surface area contributed by atoms with Crippen LogP contribution in [0.15, 0.2) is 29.2 Å². The number of aromatic nitrogens is 2. The Hall–Kier alpha value is -1.16. The van der Waals surface area contributed by atoms with Crippen molar-refractivity contribution < 1.29 is 0 Å². The molecule has 0 bridgehead atoms. The van der Waals surface area contributed by atoms with Crippen molar-refractivity contribution in [2.24, 2.45) is 0 Å². The first-order valence-electron chi connectivity index (χ1n) is 6.14. The Kier molecular flexibility index (Phi) is 2.97. The van der Waals surface area contributed by atoms with Crippen LogP contribution in [-0.2, 0) is 6.42 Å². The van der Waals surface area contributed by atoms with E-state index < -0.39 is 0 Å². The van der Waals surface area contributed by atoms with E-state index in [0.29, 0.717) is 5.25 Å². The third kappa shape index (κ3) is 2.27. The molecular weight excluding hydrogens is 232 g/mol. The van der Waals surface area contributed by atoms with Crippen LogP contribution in [0.4, 0.5) is 0 Å². The number of thioether (sulfide) groups is 1. The molecule has 0 amide bonds. The van der Waals surface area contributed by atoms with E-state index in [1.165, 1.54) is 30.7 Å². The lowest BCUT2D eigenvalue weighted by molar-refractivity contribution is 0.656. The lowest BCUT2D eigenvalue weighted by atomic mass is 10.1. The summed E-state index contributed by atoms with van der Waals surface area (Å²) in [4.78, 5) is 15.0. The Labute approximate surface area is 104 Å². The van der Waals surface area contributed by atoms with Crippen LogP contribution >= 0.6 is 11.8 Å². The average molecular weight is 248 g/mol. The Bertz CT molecular complexity index is 566. The Morgan fingerprint density at radius 3 is 3.12 bits per heavy atom. The minimum atomic E-state index is 0.0429. The SMILES string of the molecule is O=c1cccc2[nH]c(CC3CCCCS3)cn12. The molecule has 3 rings (SSSR count). The fourth-order valence-corrected chi connectivity index (χ4v) is 3.74. The number of pyridine rings is 1. The first kappa shape index (κ1) is 11.0. The summed E-state index contributed by atoms with van der Waals surface area (Å²) in [6, 6.07) is 5.34. The third-order valence-corrected chi connectivity index (χ3v) is 4.68. The second-order valence-electron chi connectivity index (χ2n) is 4.59. The first-order chi connectivity index (χ1) is 8.33. The van der Waals surface area contributed by atoms with Gasteiger partial charge in [0.2, 0.25) is 0 Å². The number of imidazole rings is 1. The van der Waals surface area contributed by atoms with Gasteiger partial charge in [0.25, 0.3) is 5.56 Å². The molecule has 90 valence electrons. The van der Waals surface area contributed by atoms with Crippen molar-refractivity contribution in [1.82, 2.24) is 9.38 Å². The zero-order valence-corrected chi connectivity index (χ0v) is 10.5. The maximum Gasteiger partial charge on any atom is 0.256 e. The second kappa shape index (κ2) is 4.61. The van der Waals surface area contributed by atoms with E-state index in [4.69, 9.17) is 0 Å². The molecule has 1 unspecified atom stereocenters. The van der Waals surface area contributed by atoms with Crippen molar-refractivity contribution in [3.8, 4) is 0 Å². The number of aromatic amines is 1. The number of rotatable bonds is 2. The van der Waals surface area contributed by atoms with Gasteiger partial charge in [-0.25, -0.2) is 0 Å². The van der Waals surface area contributed by atoms with Crippen LogP contribution in [0.2, 0.25) is 0 Å². The van der Waals surface area contributed by atoms with E-state index in [1.54, 1.807) is 16.5 Å². The molecule has 3 nitrogen and oxygen atoms in total. The smallest absolute Gasteiger partial charge is 0.256 e. The van der Waals surface area contributed by atoms with Crippen LogP contribution < -0.4 is 5.56 Å². The number of hydrogen-bond acceptors (Lipinski definition) is 2. The first-order valence-corrected chi connectivity index (χ1v) is 7.19. The zero-order chi connectivity index (χ0) is 11.7. The molecule has 17 heavy (non-hydrogen) atoms. The van der Waals surface area contributed by atoms with Gasteiger partial charge in [0.15, 0.2) is 0 Å². The summed E-state index contributed by atoms with van der Waals surface area (Å²) in [5.74, 6) is 1.28. The topological polar surface area (TPSA) is 37.3 Å². The van der Waals surface area contributed by atoms with E-state index >= 15 is 0 Å². The molecule has 3 heterocycles. The molecule has 1 fully saturated rings. The highest BCUT2D eigenvalue weighted by Gasteiger charge is 2.15. The van der Waals surface area contributed by atoms with Gasteiger partial charge in [0.05, 0.1) is 0 Å². The number of nitrogens with zero attached hydrogens (tertiary/aromatic N) is 1. The summed E-state index contributed by atoms with van der Waals surface area (Å²) in [6.07, 6.45) is 7.00. The molecule has 0 spiro atoms. The standard InChI is InChI=1S/C13H16N2OS/c16-13-6-3-5-12-14-10(9-15(12)13)8-11-4-1-2-7-17-11/h3,5-6,9,11,14H,1-2,4,7-8H2. The van der Waals surface area contributed by atoms with Crippen molar-refractivity contribution in [2.75, 3.05) is 5.75 Å². The van der Waals surface area contributed by atoms with E-state index in [9.17, 15) is 4.79 Å². The van der Waals surface area contributed by atoms with Crippen molar-refractivity contribution in [3.05, 3.63) is 40.4 Å². The Morgan fingerprint density at radius 1 is 1.41 bits per heavy atom. The van der Waals surface area contributed by atoms with E-state index in [-0.39, 0.29) is 5.56 Å². The van der Waals surface area contributed by atoms with Gasteiger partial charge >= 0.3 is 0 Å². The molecule has 0 aliphatic carbocycles. The lowest BCUT2D eigenvalue weighted by Crippen LogP contribution is -2.12. The number of nitrogens with one attached hydrogen (secondary N) is 1. The summed E-state index contributed by atoms with van der Waals surface area (Å²) in [5.41, 5.74) is 2.11. The highest BCUT2D eigenvalue weighted by Crippen LogP contribution is 2.27. The number of H-pyrrole nitrogens is 1. The van der Waals surface area contributed by atoms with Gasteiger partial charge in [0.1, 0.15) is 5.65 Å². The van der Waals surface area contributed by atoms with E-state index in [0.717, 1.165) is 12.1 Å². The van der Waals surface area contributed by atoms with Crippen molar-refractivity contribution in [2.45, 2.75) is 30.9 Å². The number of hydrogen-bond donors (Lipinski definition) is 1. The Balaban J connectivity index is 1.85. The van der Waals surface area contributed by atoms with Gasteiger partial charge in [-0.05, 0) is 24.7 Å². The summed E-state index contributed by atoms with van der Waals surface area (Å²) >= 11 is 2.06. The summed E-state index contributed by atoms with van der Waals surface area (Å²) < 4.78 is 1.70. The third-order valence-electron chi connectivity index (χ3n) is 3.29. The van der Waals surface area contributed by atoms with Gasteiger partial charge in [-0.3, -0.25) is 9.20 Å². The zero-order valence-electron chi connectivity index (χ0n) is 9.69. The lowest BCUT2D eigenvalue weighted by Gasteiger charge is -2.20. The molecular formula is C13H16N2OS. The summed E-state index contributed by atoms with van der Waals surface area (Å²) in [7, 11) is 0. The number of fused-ring (bicyclic) bond motifs is 1. The molecule has 1 atom stereocenters. The second-order valence-corrected chi connectivity index (χ2v) is 6.00. The van der Waals surface area contributed by atoms with Crippen molar-refractivity contribution in [1.29, 1.82) is 0 Å². The van der Waals surface area contributed by atoms with Crippen molar-refractivity contribution >= 4 is 17.4 Å². The normalized spacial score (nSPS) is 20.8.